The summed E-state index contributed by atoms with van der Waals surface area (Å²) in [5.74, 6) is -0.668. The molecule has 1 aliphatic rings. The van der Waals surface area contributed by atoms with Crippen molar-refractivity contribution < 1.29 is 14.3 Å². The van der Waals surface area contributed by atoms with Gasteiger partial charge in [0.2, 0.25) is 5.91 Å². The number of carbonyl (C=O) groups excluding carboxylic acids is 2. The van der Waals surface area contributed by atoms with Gasteiger partial charge < -0.3 is 10.1 Å². The molecule has 86 valence electrons. The molecule has 4 nitrogen and oxygen atoms in total. The van der Waals surface area contributed by atoms with Gasteiger partial charge in [0.1, 0.15) is 5.92 Å². The Labute approximate surface area is 90.4 Å². The van der Waals surface area contributed by atoms with Crippen LogP contribution in [0.2, 0.25) is 0 Å². The number of carbonyl (C=O) groups is 2. The zero-order valence-corrected chi connectivity index (χ0v) is 9.41. The fourth-order valence-corrected chi connectivity index (χ4v) is 1.67. The molecule has 1 N–H and O–H groups in total. The van der Waals surface area contributed by atoms with Crippen LogP contribution in [0.25, 0.3) is 0 Å². The number of hydrogen-bond acceptors (Lipinski definition) is 3. The molecule has 1 fully saturated rings. The lowest BCUT2D eigenvalue weighted by atomic mass is 9.85. The van der Waals surface area contributed by atoms with Crippen molar-refractivity contribution in [1.82, 2.24) is 5.32 Å². The molecule has 0 aromatic carbocycles. The first-order valence-electron chi connectivity index (χ1n) is 5.54. The number of amides is 1. The van der Waals surface area contributed by atoms with Crippen LogP contribution >= 0.6 is 0 Å². The van der Waals surface area contributed by atoms with Crippen LogP contribution in [0, 0.1) is 11.8 Å². The van der Waals surface area contributed by atoms with Gasteiger partial charge in [-0.25, -0.2) is 0 Å². The van der Waals surface area contributed by atoms with Crippen LogP contribution in [-0.4, -0.2) is 25.5 Å². The van der Waals surface area contributed by atoms with Crippen molar-refractivity contribution in [3.63, 3.8) is 0 Å². The number of ether oxygens (including phenoxy) is 1. The molecule has 1 amide bonds. The minimum absolute atomic E-state index is 0.198. The third kappa shape index (κ3) is 3.22. The average molecular weight is 213 g/mol. The summed E-state index contributed by atoms with van der Waals surface area (Å²) < 4.78 is 4.57. The van der Waals surface area contributed by atoms with Gasteiger partial charge in [-0.15, -0.1) is 0 Å². The third-order valence-electron chi connectivity index (χ3n) is 3.00. The zero-order chi connectivity index (χ0) is 11.3. The lowest BCUT2D eigenvalue weighted by Gasteiger charge is -2.26. The predicted octanol–water partition coefficient (Wildman–Crippen LogP) is 1.10. The highest BCUT2D eigenvalue weighted by atomic mass is 16.5. The van der Waals surface area contributed by atoms with E-state index in [0.29, 0.717) is 18.9 Å². The number of methoxy groups -OCH3 is 1. The van der Waals surface area contributed by atoms with Crippen molar-refractivity contribution in [2.75, 3.05) is 13.7 Å². The molecular weight excluding hydrogens is 194 g/mol. The molecule has 1 saturated carbocycles. The lowest BCUT2D eigenvalue weighted by molar-refractivity contribution is -0.150. The second-order valence-corrected chi connectivity index (χ2v) is 4.03. The van der Waals surface area contributed by atoms with Crippen LogP contribution in [-0.2, 0) is 14.3 Å². The highest BCUT2D eigenvalue weighted by Gasteiger charge is 2.26. The summed E-state index contributed by atoms with van der Waals surface area (Å²) in [6.07, 6.45) is 4.13. The first-order chi connectivity index (χ1) is 7.19. The topological polar surface area (TPSA) is 55.4 Å². The van der Waals surface area contributed by atoms with Crippen LogP contribution in [0.3, 0.4) is 0 Å². The Bertz CT molecular complexity index is 236. The fraction of sp³-hybridized carbons (Fsp3) is 0.818. The highest BCUT2D eigenvalue weighted by Crippen LogP contribution is 2.25. The molecule has 4 heteroatoms. The number of rotatable bonds is 5. The van der Waals surface area contributed by atoms with Gasteiger partial charge in [0.05, 0.1) is 7.11 Å². The standard InChI is InChI=1S/C11H19NO3/c1-3-9(11(14)15-2)10(13)12-7-8-5-4-6-8/h8-9H,3-7H2,1-2H3,(H,12,13). The Hall–Kier alpha value is -1.06. The molecular formula is C11H19NO3. The number of nitrogens with one attached hydrogen (secondary N) is 1. The molecule has 0 aromatic heterocycles. The molecule has 0 saturated heterocycles. The summed E-state index contributed by atoms with van der Waals surface area (Å²) in [5, 5.41) is 2.81. The van der Waals surface area contributed by atoms with E-state index in [1.165, 1.54) is 26.4 Å². The molecule has 0 aliphatic heterocycles. The van der Waals surface area contributed by atoms with Crippen LogP contribution in [0.1, 0.15) is 32.6 Å². The molecule has 0 bridgehead atoms. The highest BCUT2D eigenvalue weighted by molar-refractivity contribution is 5.97. The third-order valence-corrected chi connectivity index (χ3v) is 3.00. The van der Waals surface area contributed by atoms with Gasteiger partial charge in [0.25, 0.3) is 0 Å². The van der Waals surface area contributed by atoms with Crippen molar-refractivity contribution in [1.29, 1.82) is 0 Å². The quantitative estimate of drug-likeness (QED) is 0.549. The van der Waals surface area contributed by atoms with Gasteiger partial charge in [-0.05, 0) is 25.2 Å². The summed E-state index contributed by atoms with van der Waals surface area (Å²) in [6.45, 7) is 2.51. The van der Waals surface area contributed by atoms with Crippen LogP contribution in [0.15, 0.2) is 0 Å². The lowest BCUT2D eigenvalue weighted by Crippen LogP contribution is -2.39. The molecule has 1 unspecified atom stereocenters. The van der Waals surface area contributed by atoms with Crippen molar-refractivity contribution in [3.8, 4) is 0 Å². The monoisotopic (exact) mass is 213 g/mol. The van der Waals surface area contributed by atoms with Crippen LogP contribution < -0.4 is 5.32 Å². The molecule has 15 heavy (non-hydrogen) atoms. The normalized spacial score (nSPS) is 17.7. The Morgan fingerprint density at radius 3 is 2.53 bits per heavy atom. The zero-order valence-electron chi connectivity index (χ0n) is 9.41. The summed E-state index contributed by atoms with van der Waals surface area (Å²) in [4.78, 5) is 22.8. The van der Waals surface area contributed by atoms with Crippen molar-refractivity contribution in [2.24, 2.45) is 11.8 Å². The number of esters is 1. The minimum atomic E-state index is -0.643. The molecule has 0 heterocycles. The summed E-state index contributed by atoms with van der Waals surface area (Å²) in [6, 6.07) is 0. The largest absolute Gasteiger partial charge is 0.468 e. The van der Waals surface area contributed by atoms with E-state index < -0.39 is 11.9 Å². The van der Waals surface area contributed by atoms with Gasteiger partial charge >= 0.3 is 5.97 Å². The smallest absolute Gasteiger partial charge is 0.318 e. The van der Waals surface area contributed by atoms with E-state index in [1.54, 1.807) is 0 Å². The van der Waals surface area contributed by atoms with E-state index in [1.807, 2.05) is 6.92 Å². The van der Waals surface area contributed by atoms with Crippen LogP contribution in [0.4, 0.5) is 0 Å². The average Bonchev–Trinajstić information content (AvgIpc) is 2.16. The van der Waals surface area contributed by atoms with Crippen molar-refractivity contribution >= 4 is 11.9 Å². The molecule has 0 spiro atoms. The maximum absolute atomic E-state index is 11.6. The Kier molecular flexibility index (Phi) is 4.59. The van der Waals surface area contributed by atoms with E-state index in [-0.39, 0.29) is 5.91 Å². The SMILES string of the molecule is CCC(C(=O)NCC1CCC1)C(=O)OC. The van der Waals surface area contributed by atoms with E-state index in [9.17, 15) is 9.59 Å². The first kappa shape index (κ1) is 12.0. The van der Waals surface area contributed by atoms with Gasteiger partial charge in [-0.3, -0.25) is 9.59 Å². The van der Waals surface area contributed by atoms with Crippen molar-refractivity contribution in [2.45, 2.75) is 32.6 Å². The first-order valence-corrected chi connectivity index (χ1v) is 5.54. The molecule has 1 aliphatic carbocycles. The van der Waals surface area contributed by atoms with Crippen molar-refractivity contribution in [3.05, 3.63) is 0 Å². The van der Waals surface area contributed by atoms with Crippen LogP contribution in [0.5, 0.6) is 0 Å². The second-order valence-electron chi connectivity index (χ2n) is 4.03. The minimum Gasteiger partial charge on any atom is -0.468 e. The summed E-state index contributed by atoms with van der Waals surface area (Å²) >= 11 is 0. The maximum atomic E-state index is 11.6. The maximum Gasteiger partial charge on any atom is 0.318 e. The van der Waals surface area contributed by atoms with Gasteiger partial charge in [0.15, 0.2) is 0 Å². The molecule has 1 atom stereocenters. The Morgan fingerprint density at radius 2 is 2.13 bits per heavy atom. The number of hydrogen-bond donors (Lipinski definition) is 1. The van der Waals surface area contributed by atoms with E-state index in [2.05, 4.69) is 10.1 Å². The van der Waals surface area contributed by atoms with E-state index in [0.717, 1.165) is 0 Å². The van der Waals surface area contributed by atoms with E-state index in [4.69, 9.17) is 0 Å². The van der Waals surface area contributed by atoms with E-state index >= 15 is 0 Å². The van der Waals surface area contributed by atoms with Gasteiger partial charge in [0, 0.05) is 6.54 Å². The van der Waals surface area contributed by atoms with Gasteiger partial charge in [-0.2, -0.15) is 0 Å². The molecule has 0 aromatic rings. The Morgan fingerprint density at radius 1 is 1.47 bits per heavy atom. The molecule has 1 rings (SSSR count). The second kappa shape index (κ2) is 5.73. The Balaban J connectivity index is 2.31. The summed E-state index contributed by atoms with van der Waals surface area (Å²) in [7, 11) is 1.31. The van der Waals surface area contributed by atoms with Gasteiger partial charge in [-0.1, -0.05) is 13.3 Å². The summed E-state index contributed by atoms with van der Waals surface area (Å²) in [5.41, 5.74) is 0. The molecule has 0 radical (unpaired) electrons. The predicted molar refractivity (Wildman–Crippen MR) is 56.1 cm³/mol. The fourth-order valence-electron chi connectivity index (χ4n) is 1.67.